The van der Waals surface area contributed by atoms with Crippen LogP contribution in [0.25, 0.3) is 0 Å². The van der Waals surface area contributed by atoms with Gasteiger partial charge in [-0.2, -0.15) is 0 Å². The quantitative estimate of drug-likeness (QED) is 0.158. The van der Waals surface area contributed by atoms with Gasteiger partial charge in [-0.25, -0.2) is 0 Å². The maximum atomic E-state index is 3.50. The van der Waals surface area contributed by atoms with Gasteiger partial charge < -0.3 is 33.8 Å². The maximum absolute atomic E-state index is 3.50. The predicted molar refractivity (Wildman–Crippen MR) is 122 cm³/mol. The lowest BCUT2D eigenvalue weighted by atomic mass is 10.0. The molecule has 0 amide bonds. The van der Waals surface area contributed by atoms with E-state index in [1.807, 2.05) is 0 Å². The number of hydrogen-bond donors (Lipinski definition) is 1. The maximum Gasteiger partial charge on any atom is 0.0782 e. The second-order valence-electron chi connectivity index (χ2n) is 9.98. The average Bonchev–Trinajstić information content (AvgIpc) is 3.15. The SMILES string of the molecule is CCCCCCCCCCCCCCCC[N+](C)(C)CCCC1CCNC1.[I-]. The van der Waals surface area contributed by atoms with Gasteiger partial charge in [0.2, 0.25) is 0 Å². The van der Waals surface area contributed by atoms with Crippen LogP contribution in [0.2, 0.25) is 0 Å². The first-order valence-corrected chi connectivity index (χ1v) is 12.7. The Hall–Kier alpha value is 0.650. The third-order valence-corrected chi connectivity index (χ3v) is 6.66. The Bertz CT molecular complexity index is 314. The first-order valence-electron chi connectivity index (χ1n) is 12.7. The van der Waals surface area contributed by atoms with Crippen LogP contribution in [-0.4, -0.2) is 44.8 Å². The third-order valence-electron chi connectivity index (χ3n) is 6.66. The summed E-state index contributed by atoms with van der Waals surface area (Å²) >= 11 is 0. The largest absolute Gasteiger partial charge is 1.00 e. The summed E-state index contributed by atoms with van der Waals surface area (Å²) in [7, 11) is 4.88. The van der Waals surface area contributed by atoms with Crippen LogP contribution < -0.4 is 29.3 Å². The monoisotopic (exact) mass is 508 g/mol. The van der Waals surface area contributed by atoms with Crippen LogP contribution in [-0.2, 0) is 0 Å². The molecule has 3 heteroatoms. The number of nitrogens with zero attached hydrogens (tertiary/aromatic N) is 1. The van der Waals surface area contributed by atoms with E-state index < -0.39 is 0 Å². The van der Waals surface area contributed by atoms with Gasteiger partial charge in [0, 0.05) is 0 Å². The molecule has 1 aliphatic heterocycles. The summed E-state index contributed by atoms with van der Waals surface area (Å²) in [5.41, 5.74) is 0. The lowest BCUT2D eigenvalue weighted by Crippen LogP contribution is -3.00. The molecule has 0 aromatic heterocycles. The zero-order valence-electron chi connectivity index (χ0n) is 19.8. The van der Waals surface area contributed by atoms with Crippen molar-refractivity contribution >= 4 is 0 Å². The molecular formula is C25H53IN2. The van der Waals surface area contributed by atoms with Gasteiger partial charge in [0.1, 0.15) is 0 Å². The minimum atomic E-state index is 0. The van der Waals surface area contributed by atoms with E-state index in [1.54, 1.807) is 0 Å². The van der Waals surface area contributed by atoms with Crippen molar-refractivity contribution in [2.75, 3.05) is 40.3 Å². The Labute approximate surface area is 195 Å². The van der Waals surface area contributed by atoms with E-state index in [9.17, 15) is 0 Å². The Balaban J connectivity index is 0.00000729. The highest BCUT2D eigenvalue weighted by Gasteiger charge is 2.18. The van der Waals surface area contributed by atoms with Crippen molar-refractivity contribution in [3.63, 3.8) is 0 Å². The van der Waals surface area contributed by atoms with Gasteiger partial charge in [-0.3, -0.25) is 0 Å². The van der Waals surface area contributed by atoms with Gasteiger partial charge in [0.15, 0.2) is 0 Å². The van der Waals surface area contributed by atoms with E-state index in [0.29, 0.717) is 0 Å². The van der Waals surface area contributed by atoms with Crippen LogP contribution in [0.15, 0.2) is 0 Å². The van der Waals surface area contributed by atoms with Crippen molar-refractivity contribution in [2.24, 2.45) is 5.92 Å². The van der Waals surface area contributed by atoms with Gasteiger partial charge in [-0.15, -0.1) is 0 Å². The standard InChI is InChI=1S/C25H53N2.HI/c1-4-5-6-7-8-9-10-11-12-13-14-15-16-17-22-27(2,3)23-18-19-25-20-21-26-24-25;/h25-26H,4-24H2,1-3H3;1H/q+1;/p-1. The molecular weight excluding hydrogens is 455 g/mol. The van der Waals surface area contributed by atoms with Crippen molar-refractivity contribution < 1.29 is 28.5 Å². The highest BCUT2D eigenvalue weighted by Crippen LogP contribution is 2.17. The minimum Gasteiger partial charge on any atom is -1.00 e. The molecule has 1 aliphatic rings. The molecule has 0 aliphatic carbocycles. The molecule has 1 atom stereocenters. The summed E-state index contributed by atoms with van der Waals surface area (Å²) in [5, 5.41) is 3.50. The van der Waals surface area contributed by atoms with Crippen LogP contribution in [0.5, 0.6) is 0 Å². The van der Waals surface area contributed by atoms with Gasteiger partial charge in [0.25, 0.3) is 0 Å². The summed E-state index contributed by atoms with van der Waals surface area (Å²) in [5.74, 6) is 0.964. The number of quaternary nitrogens is 1. The van der Waals surface area contributed by atoms with Gasteiger partial charge in [0.05, 0.1) is 27.2 Å². The molecule has 28 heavy (non-hydrogen) atoms. The van der Waals surface area contributed by atoms with E-state index in [-0.39, 0.29) is 24.0 Å². The molecule has 2 nitrogen and oxygen atoms in total. The molecule has 170 valence electrons. The number of hydrogen-bond acceptors (Lipinski definition) is 1. The molecule has 0 aromatic rings. The van der Waals surface area contributed by atoms with Crippen molar-refractivity contribution in [1.82, 2.24) is 5.32 Å². The second-order valence-corrected chi connectivity index (χ2v) is 9.98. The first-order chi connectivity index (χ1) is 13.1. The zero-order valence-corrected chi connectivity index (χ0v) is 21.9. The molecule has 1 fully saturated rings. The smallest absolute Gasteiger partial charge is 0.0782 e. The number of rotatable bonds is 19. The Kier molecular flexibility index (Phi) is 20.1. The van der Waals surface area contributed by atoms with Crippen LogP contribution in [0.4, 0.5) is 0 Å². The van der Waals surface area contributed by atoms with Crippen LogP contribution >= 0.6 is 0 Å². The molecule has 1 heterocycles. The van der Waals surface area contributed by atoms with E-state index in [1.165, 1.54) is 140 Å². The third kappa shape index (κ3) is 17.5. The first kappa shape index (κ1) is 28.6. The Morgan fingerprint density at radius 2 is 1.14 bits per heavy atom. The lowest BCUT2D eigenvalue weighted by Gasteiger charge is -2.30. The van der Waals surface area contributed by atoms with Crippen molar-refractivity contribution in [3.05, 3.63) is 0 Å². The number of nitrogens with one attached hydrogen (secondary N) is 1. The molecule has 1 unspecified atom stereocenters. The van der Waals surface area contributed by atoms with Crippen LogP contribution in [0.1, 0.15) is 116 Å². The van der Waals surface area contributed by atoms with Crippen molar-refractivity contribution in [1.29, 1.82) is 0 Å². The van der Waals surface area contributed by atoms with E-state index in [0.717, 1.165) is 5.92 Å². The fourth-order valence-electron chi connectivity index (χ4n) is 4.62. The molecule has 1 rings (SSSR count). The molecule has 0 aromatic carbocycles. The number of halogens is 1. The van der Waals surface area contributed by atoms with Gasteiger partial charge in [-0.1, -0.05) is 84.0 Å². The molecule has 1 N–H and O–H groups in total. The zero-order chi connectivity index (χ0) is 19.6. The molecule has 0 saturated carbocycles. The fourth-order valence-corrected chi connectivity index (χ4v) is 4.62. The van der Waals surface area contributed by atoms with Gasteiger partial charge in [-0.05, 0) is 51.1 Å². The van der Waals surface area contributed by atoms with Crippen molar-refractivity contribution in [3.8, 4) is 0 Å². The van der Waals surface area contributed by atoms with Crippen molar-refractivity contribution in [2.45, 2.75) is 116 Å². The summed E-state index contributed by atoms with van der Waals surface area (Å²) < 4.78 is 1.23. The van der Waals surface area contributed by atoms with E-state index in [2.05, 4.69) is 26.3 Å². The van der Waals surface area contributed by atoms with E-state index >= 15 is 0 Å². The molecule has 0 radical (unpaired) electrons. The topological polar surface area (TPSA) is 12.0 Å². The number of unbranched alkanes of at least 4 members (excludes halogenated alkanes) is 13. The normalized spacial score (nSPS) is 17.0. The summed E-state index contributed by atoms with van der Waals surface area (Å²) in [6, 6.07) is 0. The molecule has 0 bridgehead atoms. The fraction of sp³-hybridized carbons (Fsp3) is 1.00. The second kappa shape index (κ2) is 19.6. The van der Waals surface area contributed by atoms with Crippen LogP contribution in [0.3, 0.4) is 0 Å². The molecule has 1 saturated heterocycles. The minimum absolute atomic E-state index is 0. The van der Waals surface area contributed by atoms with Crippen LogP contribution in [0, 0.1) is 5.92 Å². The Morgan fingerprint density at radius 1 is 0.679 bits per heavy atom. The average molecular weight is 509 g/mol. The highest BCUT2D eigenvalue weighted by atomic mass is 127. The Morgan fingerprint density at radius 3 is 1.61 bits per heavy atom. The van der Waals surface area contributed by atoms with E-state index in [4.69, 9.17) is 0 Å². The lowest BCUT2D eigenvalue weighted by molar-refractivity contribution is -0.890. The summed E-state index contributed by atoms with van der Waals surface area (Å²) in [6.07, 6.45) is 24.7. The summed E-state index contributed by atoms with van der Waals surface area (Å²) in [6.45, 7) is 7.57. The highest BCUT2D eigenvalue weighted by molar-refractivity contribution is 4.70. The molecule has 0 spiro atoms. The summed E-state index contributed by atoms with van der Waals surface area (Å²) in [4.78, 5) is 0. The van der Waals surface area contributed by atoms with Gasteiger partial charge >= 0.3 is 0 Å². The predicted octanol–water partition coefficient (Wildman–Crippen LogP) is 3.94.